The molecule has 0 radical (unpaired) electrons. The summed E-state index contributed by atoms with van der Waals surface area (Å²) in [6.45, 7) is 4.50. The van der Waals surface area contributed by atoms with E-state index in [9.17, 15) is 0 Å². The van der Waals surface area contributed by atoms with Crippen molar-refractivity contribution in [1.82, 2.24) is 4.98 Å². The van der Waals surface area contributed by atoms with Crippen LogP contribution in [0.1, 0.15) is 26.7 Å². The van der Waals surface area contributed by atoms with Crippen molar-refractivity contribution in [2.45, 2.75) is 31.0 Å². The van der Waals surface area contributed by atoms with E-state index in [0.29, 0.717) is 5.41 Å². The lowest BCUT2D eigenvalue weighted by molar-refractivity contribution is 0.357. The molecule has 0 aliphatic carbocycles. The van der Waals surface area contributed by atoms with Gasteiger partial charge < -0.3 is 0 Å². The molecule has 0 unspecified atom stereocenters. The molecule has 14 heavy (non-hydrogen) atoms. The monoisotopic (exact) mass is 247 g/mol. The number of hydrogen-bond acceptors (Lipinski definition) is 4. The molecule has 1 heterocycles. The summed E-state index contributed by atoms with van der Waals surface area (Å²) in [6, 6.07) is 0. The number of aromatic nitrogens is 1. The number of rotatable bonds is 6. The van der Waals surface area contributed by atoms with Gasteiger partial charge in [0.2, 0.25) is 0 Å². The normalized spacial score (nSPS) is 11.9. The fourth-order valence-electron chi connectivity index (χ4n) is 1.22. The second kappa shape index (κ2) is 6.03. The van der Waals surface area contributed by atoms with Crippen molar-refractivity contribution in [3.63, 3.8) is 0 Å². The van der Waals surface area contributed by atoms with E-state index >= 15 is 0 Å². The molecule has 1 aromatic rings. The average molecular weight is 247 g/mol. The molecule has 80 valence electrons. The number of thiol groups is 1. The van der Waals surface area contributed by atoms with Crippen molar-refractivity contribution in [2.24, 2.45) is 5.41 Å². The molecule has 0 spiro atoms. The lowest BCUT2D eigenvalue weighted by Gasteiger charge is -2.28. The molecule has 0 N–H and O–H groups in total. The standard InChI is InChI=1S/C10H17NS3/c1-3-10(4-2,7-12)8-14-9-11-5-6-13-9/h5-6,12H,3-4,7-8H2,1-2H3. The maximum Gasteiger partial charge on any atom is 0.149 e. The molecule has 0 fully saturated rings. The third kappa shape index (κ3) is 3.17. The van der Waals surface area contributed by atoms with E-state index in [2.05, 4.69) is 31.5 Å². The third-order valence-electron chi connectivity index (χ3n) is 2.75. The number of thiazole rings is 1. The lowest BCUT2D eigenvalue weighted by Crippen LogP contribution is -2.24. The number of nitrogens with zero attached hydrogens (tertiary/aromatic N) is 1. The summed E-state index contributed by atoms with van der Waals surface area (Å²) >= 11 is 8.05. The Morgan fingerprint density at radius 1 is 1.50 bits per heavy atom. The molecule has 0 aliphatic rings. The van der Waals surface area contributed by atoms with E-state index in [1.807, 2.05) is 23.3 Å². The topological polar surface area (TPSA) is 12.9 Å². The summed E-state index contributed by atoms with van der Waals surface area (Å²) in [6.07, 6.45) is 4.27. The van der Waals surface area contributed by atoms with E-state index in [1.165, 1.54) is 17.2 Å². The van der Waals surface area contributed by atoms with Crippen molar-refractivity contribution < 1.29 is 0 Å². The molecular weight excluding hydrogens is 230 g/mol. The van der Waals surface area contributed by atoms with Crippen LogP contribution in [0.4, 0.5) is 0 Å². The summed E-state index contributed by atoms with van der Waals surface area (Å²) < 4.78 is 1.18. The van der Waals surface area contributed by atoms with Crippen LogP contribution in [0, 0.1) is 5.41 Å². The Hall–Kier alpha value is 0.330. The highest BCUT2D eigenvalue weighted by Crippen LogP contribution is 2.35. The molecule has 4 heteroatoms. The van der Waals surface area contributed by atoms with Crippen molar-refractivity contribution in [3.8, 4) is 0 Å². The molecule has 0 bridgehead atoms. The summed E-state index contributed by atoms with van der Waals surface area (Å²) in [7, 11) is 0. The number of hydrogen-bond donors (Lipinski definition) is 1. The van der Waals surface area contributed by atoms with Gasteiger partial charge in [-0.3, -0.25) is 0 Å². The van der Waals surface area contributed by atoms with Gasteiger partial charge in [0.05, 0.1) is 0 Å². The fourth-order valence-corrected chi connectivity index (χ4v) is 3.98. The summed E-state index contributed by atoms with van der Waals surface area (Å²) in [5.41, 5.74) is 0.388. The fraction of sp³-hybridized carbons (Fsp3) is 0.700. The molecule has 1 nitrogen and oxygen atoms in total. The molecule has 1 aromatic heterocycles. The Kier molecular flexibility index (Phi) is 5.34. The summed E-state index contributed by atoms with van der Waals surface area (Å²) in [5.74, 6) is 2.11. The van der Waals surface area contributed by atoms with Crippen molar-refractivity contribution in [3.05, 3.63) is 11.6 Å². The van der Waals surface area contributed by atoms with E-state index < -0.39 is 0 Å². The van der Waals surface area contributed by atoms with Gasteiger partial charge in [0.15, 0.2) is 0 Å². The molecular formula is C10H17NS3. The molecule has 0 saturated heterocycles. The van der Waals surface area contributed by atoms with Crippen LogP contribution in [-0.2, 0) is 0 Å². The second-order valence-electron chi connectivity index (χ2n) is 3.45. The molecule has 0 saturated carbocycles. The Labute approximate surface area is 100 Å². The number of thioether (sulfide) groups is 1. The van der Waals surface area contributed by atoms with Crippen molar-refractivity contribution in [1.29, 1.82) is 0 Å². The van der Waals surface area contributed by atoms with Crippen LogP contribution >= 0.6 is 35.7 Å². The van der Waals surface area contributed by atoms with Gasteiger partial charge in [-0.15, -0.1) is 11.3 Å². The van der Waals surface area contributed by atoms with Gasteiger partial charge in [-0.25, -0.2) is 4.98 Å². The van der Waals surface area contributed by atoms with Gasteiger partial charge in [0, 0.05) is 17.3 Å². The van der Waals surface area contributed by atoms with Crippen LogP contribution in [0.15, 0.2) is 15.9 Å². The molecule has 0 atom stereocenters. The predicted octanol–water partition coefficient (Wildman–Crippen LogP) is 3.97. The predicted molar refractivity (Wildman–Crippen MR) is 69.7 cm³/mol. The summed E-state index contributed by atoms with van der Waals surface area (Å²) in [4.78, 5) is 4.28. The zero-order valence-corrected chi connectivity index (χ0v) is 11.2. The highest BCUT2D eigenvalue weighted by atomic mass is 32.2. The van der Waals surface area contributed by atoms with Crippen LogP contribution in [0.25, 0.3) is 0 Å². The van der Waals surface area contributed by atoms with Gasteiger partial charge in [-0.2, -0.15) is 12.6 Å². The SMILES string of the molecule is CCC(CC)(CS)CSc1nccs1. The molecule has 1 rings (SSSR count). The van der Waals surface area contributed by atoms with Crippen LogP contribution in [-0.4, -0.2) is 16.5 Å². The minimum atomic E-state index is 0.388. The maximum atomic E-state index is 4.46. The Morgan fingerprint density at radius 3 is 2.64 bits per heavy atom. The van der Waals surface area contributed by atoms with Crippen LogP contribution < -0.4 is 0 Å². The average Bonchev–Trinajstić information content (AvgIpc) is 2.74. The second-order valence-corrected chi connectivity index (χ2v) is 5.89. The molecule has 0 aromatic carbocycles. The van der Waals surface area contributed by atoms with Gasteiger partial charge in [0.25, 0.3) is 0 Å². The van der Waals surface area contributed by atoms with Crippen LogP contribution in [0.3, 0.4) is 0 Å². The van der Waals surface area contributed by atoms with E-state index in [-0.39, 0.29) is 0 Å². The largest absolute Gasteiger partial charge is 0.238 e. The highest BCUT2D eigenvalue weighted by Gasteiger charge is 2.24. The first-order valence-electron chi connectivity index (χ1n) is 4.89. The Bertz CT molecular complexity index is 234. The highest BCUT2D eigenvalue weighted by molar-refractivity contribution is 8.01. The van der Waals surface area contributed by atoms with Gasteiger partial charge in [0.1, 0.15) is 4.34 Å². The maximum absolute atomic E-state index is 4.46. The van der Waals surface area contributed by atoms with E-state index in [4.69, 9.17) is 0 Å². The first-order valence-corrected chi connectivity index (χ1v) is 7.39. The Balaban J connectivity index is 2.48. The molecule has 0 aliphatic heterocycles. The zero-order chi connectivity index (χ0) is 10.4. The smallest absolute Gasteiger partial charge is 0.149 e. The minimum Gasteiger partial charge on any atom is -0.238 e. The quantitative estimate of drug-likeness (QED) is 0.603. The van der Waals surface area contributed by atoms with Crippen molar-refractivity contribution in [2.75, 3.05) is 11.5 Å². The molecule has 0 amide bonds. The summed E-state index contributed by atoms with van der Waals surface area (Å²) in [5, 5.41) is 2.03. The van der Waals surface area contributed by atoms with E-state index in [0.717, 1.165) is 11.5 Å². The Morgan fingerprint density at radius 2 is 2.21 bits per heavy atom. The van der Waals surface area contributed by atoms with Crippen LogP contribution in [0.2, 0.25) is 0 Å². The van der Waals surface area contributed by atoms with Crippen LogP contribution in [0.5, 0.6) is 0 Å². The van der Waals surface area contributed by atoms with E-state index in [1.54, 1.807) is 11.3 Å². The zero-order valence-electron chi connectivity index (χ0n) is 8.69. The van der Waals surface area contributed by atoms with Gasteiger partial charge in [-0.05, 0) is 24.0 Å². The minimum absolute atomic E-state index is 0.388. The van der Waals surface area contributed by atoms with Gasteiger partial charge in [-0.1, -0.05) is 25.6 Å². The first kappa shape index (κ1) is 12.4. The van der Waals surface area contributed by atoms with Gasteiger partial charge >= 0.3 is 0 Å². The lowest BCUT2D eigenvalue weighted by atomic mass is 9.87. The first-order chi connectivity index (χ1) is 6.76. The third-order valence-corrected chi connectivity index (χ3v) is 5.73. The van der Waals surface area contributed by atoms with Crippen molar-refractivity contribution >= 4 is 35.7 Å².